The topological polar surface area (TPSA) is 81.9 Å². The van der Waals surface area contributed by atoms with Gasteiger partial charge < -0.3 is 18.9 Å². The number of ketones is 1. The van der Waals surface area contributed by atoms with Gasteiger partial charge in [0.15, 0.2) is 0 Å². The minimum Gasteiger partial charge on any atom is -0.454 e. The summed E-state index contributed by atoms with van der Waals surface area (Å²) in [6.07, 6.45) is 3.55. The van der Waals surface area contributed by atoms with Crippen LogP contribution < -0.4 is 4.90 Å². The summed E-state index contributed by atoms with van der Waals surface area (Å²) in [5, 5.41) is 5.33. The maximum Gasteiger partial charge on any atom is 0.380 e. The molecule has 0 amide bonds. The molecule has 2 aliphatic rings. The second-order valence-electron chi connectivity index (χ2n) is 11.2. The van der Waals surface area contributed by atoms with E-state index in [0.717, 1.165) is 37.0 Å². The van der Waals surface area contributed by atoms with E-state index >= 15 is 0 Å². The smallest absolute Gasteiger partial charge is 0.380 e. The van der Waals surface area contributed by atoms with Crippen LogP contribution in [0.3, 0.4) is 0 Å². The highest BCUT2D eigenvalue weighted by Gasteiger charge is 2.34. The van der Waals surface area contributed by atoms with Gasteiger partial charge in [-0.3, -0.25) is 4.79 Å². The minimum atomic E-state index is -1.07. The molecule has 0 spiro atoms. The van der Waals surface area contributed by atoms with Crippen LogP contribution >= 0.6 is 23.2 Å². The van der Waals surface area contributed by atoms with Gasteiger partial charge in [0.2, 0.25) is 0 Å². The molecule has 1 saturated carbocycles. The van der Waals surface area contributed by atoms with E-state index in [0.29, 0.717) is 52.6 Å². The molecule has 7 nitrogen and oxygen atoms in total. The zero-order valence-corrected chi connectivity index (χ0v) is 24.1. The highest BCUT2D eigenvalue weighted by Crippen LogP contribution is 2.46. The lowest BCUT2D eigenvalue weighted by Gasteiger charge is -2.33. The Balaban J connectivity index is 1.22. The Morgan fingerprint density at radius 2 is 1.75 bits per heavy atom. The number of piperidine rings is 1. The van der Waals surface area contributed by atoms with E-state index in [9.17, 15) is 14.0 Å². The first kappa shape index (κ1) is 28.6. The van der Waals surface area contributed by atoms with Gasteiger partial charge in [-0.05, 0) is 76.8 Å². The largest absolute Gasteiger partial charge is 0.454 e. The van der Waals surface area contributed by atoms with Gasteiger partial charge in [0.25, 0.3) is 5.78 Å². The van der Waals surface area contributed by atoms with Crippen LogP contribution in [0.4, 0.5) is 10.1 Å². The van der Waals surface area contributed by atoms with Gasteiger partial charge in [-0.15, -0.1) is 0 Å². The van der Waals surface area contributed by atoms with E-state index < -0.39 is 23.2 Å². The number of hydrogen-bond acceptors (Lipinski definition) is 7. The molecule has 2 heterocycles. The Labute approximate surface area is 242 Å². The third kappa shape index (κ3) is 6.35. The SMILES string of the molecule is CC(C)(C)OC(=O)C(=O)c1ccc(N2CCC(OCc3c(-c4c(Cl)cccc4Cl)noc3C3CC3)CC2)cc1F. The van der Waals surface area contributed by atoms with Crippen molar-refractivity contribution in [3.8, 4) is 11.3 Å². The Kier molecular flexibility index (Phi) is 8.22. The zero-order valence-electron chi connectivity index (χ0n) is 22.6. The van der Waals surface area contributed by atoms with Crippen molar-refractivity contribution in [2.24, 2.45) is 0 Å². The molecule has 2 fully saturated rings. The number of benzene rings is 2. The first-order chi connectivity index (χ1) is 19.0. The van der Waals surface area contributed by atoms with E-state index in [1.807, 2.05) is 4.90 Å². The van der Waals surface area contributed by atoms with Gasteiger partial charge in [0.1, 0.15) is 22.9 Å². The molecular formula is C30H31Cl2FN2O5. The summed E-state index contributed by atoms with van der Waals surface area (Å²) < 4.78 is 32.0. The highest BCUT2D eigenvalue weighted by atomic mass is 35.5. The van der Waals surface area contributed by atoms with E-state index in [2.05, 4.69) is 5.16 Å². The van der Waals surface area contributed by atoms with E-state index in [1.54, 1.807) is 45.0 Å². The van der Waals surface area contributed by atoms with Gasteiger partial charge in [-0.1, -0.05) is 34.4 Å². The molecule has 3 aromatic rings. The molecule has 10 heteroatoms. The van der Waals surface area contributed by atoms with Crippen molar-refractivity contribution in [2.45, 2.75) is 70.7 Å². The molecule has 1 saturated heterocycles. The van der Waals surface area contributed by atoms with Crippen LogP contribution in [0.5, 0.6) is 0 Å². The van der Waals surface area contributed by atoms with Crippen LogP contribution in [0.25, 0.3) is 11.3 Å². The summed E-state index contributed by atoms with van der Waals surface area (Å²) in [5.74, 6) is -1.65. The number of hydrogen-bond donors (Lipinski definition) is 0. The number of carbonyl (C=O) groups excluding carboxylic acids is 2. The predicted molar refractivity (Wildman–Crippen MR) is 151 cm³/mol. The molecule has 0 unspecified atom stereocenters. The monoisotopic (exact) mass is 588 g/mol. The van der Waals surface area contributed by atoms with Crippen LogP contribution in [-0.4, -0.2) is 41.7 Å². The lowest BCUT2D eigenvalue weighted by Crippen LogP contribution is -2.37. The Morgan fingerprint density at radius 3 is 2.35 bits per heavy atom. The molecular weight excluding hydrogens is 558 g/mol. The third-order valence-corrected chi connectivity index (χ3v) is 7.65. The van der Waals surface area contributed by atoms with Crippen molar-refractivity contribution in [1.82, 2.24) is 5.16 Å². The molecule has 0 atom stereocenters. The lowest BCUT2D eigenvalue weighted by molar-refractivity contribution is -0.148. The summed E-state index contributed by atoms with van der Waals surface area (Å²) in [6, 6.07) is 9.62. The quantitative estimate of drug-likeness (QED) is 0.154. The van der Waals surface area contributed by atoms with Crippen LogP contribution in [-0.2, 0) is 20.9 Å². The summed E-state index contributed by atoms with van der Waals surface area (Å²) in [4.78, 5) is 26.5. The van der Waals surface area contributed by atoms with E-state index in [1.165, 1.54) is 12.1 Å². The summed E-state index contributed by atoms with van der Waals surface area (Å²) in [7, 11) is 0. The van der Waals surface area contributed by atoms with E-state index in [-0.39, 0.29) is 11.7 Å². The minimum absolute atomic E-state index is 0.00867. The molecule has 212 valence electrons. The summed E-state index contributed by atoms with van der Waals surface area (Å²) in [5.41, 5.74) is 1.64. The molecule has 1 aromatic heterocycles. The molecule has 0 radical (unpaired) electrons. The molecule has 0 bridgehead atoms. The second kappa shape index (κ2) is 11.5. The van der Waals surface area contributed by atoms with Gasteiger partial charge in [-0.25, -0.2) is 9.18 Å². The fraction of sp³-hybridized carbons (Fsp3) is 0.433. The van der Waals surface area contributed by atoms with Gasteiger partial charge in [0.05, 0.1) is 28.3 Å². The summed E-state index contributed by atoms with van der Waals surface area (Å²) >= 11 is 12.9. The fourth-order valence-corrected chi connectivity index (χ4v) is 5.43. The van der Waals surface area contributed by atoms with Crippen molar-refractivity contribution in [1.29, 1.82) is 0 Å². The molecule has 0 N–H and O–H groups in total. The zero-order chi connectivity index (χ0) is 28.6. The molecule has 1 aliphatic carbocycles. The first-order valence-corrected chi connectivity index (χ1v) is 14.1. The van der Waals surface area contributed by atoms with Gasteiger partial charge >= 0.3 is 5.97 Å². The number of aromatic nitrogens is 1. The van der Waals surface area contributed by atoms with Crippen LogP contribution in [0.1, 0.15) is 74.1 Å². The predicted octanol–water partition coefficient (Wildman–Crippen LogP) is 7.37. The Morgan fingerprint density at radius 1 is 1.07 bits per heavy atom. The normalized spacial score (nSPS) is 16.3. The maximum atomic E-state index is 14.8. The number of ether oxygens (including phenoxy) is 2. The fourth-order valence-electron chi connectivity index (χ4n) is 4.85. The molecule has 40 heavy (non-hydrogen) atoms. The average molecular weight is 589 g/mol. The third-order valence-electron chi connectivity index (χ3n) is 7.02. The Bertz CT molecular complexity index is 1400. The van der Waals surface area contributed by atoms with Crippen LogP contribution in [0.15, 0.2) is 40.9 Å². The number of anilines is 1. The number of carbonyl (C=O) groups is 2. The van der Waals surface area contributed by atoms with Crippen molar-refractivity contribution < 1.29 is 28.0 Å². The number of esters is 1. The first-order valence-electron chi connectivity index (χ1n) is 13.4. The van der Waals surface area contributed by atoms with Crippen molar-refractivity contribution in [2.75, 3.05) is 18.0 Å². The second-order valence-corrected chi connectivity index (χ2v) is 12.1. The van der Waals surface area contributed by atoms with Crippen molar-refractivity contribution in [3.63, 3.8) is 0 Å². The number of nitrogens with zero attached hydrogens (tertiary/aromatic N) is 2. The lowest BCUT2D eigenvalue weighted by atomic mass is 10.0. The van der Waals surface area contributed by atoms with Gasteiger partial charge in [0, 0.05) is 35.8 Å². The number of rotatable bonds is 8. The molecule has 1 aliphatic heterocycles. The summed E-state index contributed by atoms with van der Waals surface area (Å²) in [6.45, 7) is 6.56. The number of halogens is 3. The molecule has 2 aromatic carbocycles. The Hall–Kier alpha value is -2.94. The van der Waals surface area contributed by atoms with Crippen LogP contribution in [0.2, 0.25) is 10.0 Å². The molecule has 5 rings (SSSR count). The maximum absolute atomic E-state index is 14.8. The highest BCUT2D eigenvalue weighted by molar-refractivity contribution is 6.41. The van der Waals surface area contributed by atoms with E-state index in [4.69, 9.17) is 37.2 Å². The van der Waals surface area contributed by atoms with Crippen molar-refractivity contribution in [3.05, 3.63) is 69.1 Å². The van der Waals surface area contributed by atoms with Gasteiger partial charge in [-0.2, -0.15) is 0 Å². The van der Waals surface area contributed by atoms with Crippen LogP contribution in [0, 0.1) is 5.82 Å². The van der Waals surface area contributed by atoms with Crippen molar-refractivity contribution >= 4 is 40.6 Å². The average Bonchev–Trinajstić information content (AvgIpc) is 3.66. The number of Topliss-reactive ketones (excluding diaryl/α,β-unsaturated/α-hetero) is 1. The standard InChI is InChI=1S/C30H31Cl2FN2O5/c1-30(2,3)39-29(37)27(36)20-10-9-18(15-24(20)33)35-13-11-19(12-14-35)38-16-21-26(34-40-28(21)17-7-8-17)25-22(31)5-4-6-23(25)32/h4-6,9-10,15,17,19H,7-8,11-14,16H2,1-3H3.